The summed E-state index contributed by atoms with van der Waals surface area (Å²) in [6.45, 7) is 0.622. The van der Waals surface area contributed by atoms with Crippen molar-refractivity contribution in [2.75, 3.05) is 6.54 Å². The van der Waals surface area contributed by atoms with Crippen LogP contribution in [0.25, 0.3) is 10.9 Å². The summed E-state index contributed by atoms with van der Waals surface area (Å²) in [6.07, 6.45) is 8.65. The predicted octanol–water partition coefficient (Wildman–Crippen LogP) is 2.43. The Morgan fingerprint density at radius 3 is 2.62 bits per heavy atom. The van der Waals surface area contributed by atoms with E-state index in [0.717, 1.165) is 48.6 Å². The maximum absolute atomic E-state index is 12.8. The normalized spacial score (nSPS) is 20.0. The number of carbonyl (C=O) groups excluding carboxylic acids is 3. The second-order valence-electron chi connectivity index (χ2n) is 8.10. The van der Waals surface area contributed by atoms with Crippen LogP contribution in [0.15, 0.2) is 30.5 Å². The standard InChI is InChI=1S/C22H28N4O3/c27-20(13-16-14-23-18-10-5-4-9-17(16)18)24-25-21(28)19-11-6-12-26(19)22(29)15-7-2-1-3-8-15/h4-5,9-10,14-15,19,23H,1-3,6-8,11-13H2,(H,24,27)(H,25,28)/t19-/m1/s1. The summed E-state index contributed by atoms with van der Waals surface area (Å²) in [5.41, 5.74) is 6.89. The second-order valence-corrected chi connectivity index (χ2v) is 8.10. The van der Waals surface area contributed by atoms with E-state index in [4.69, 9.17) is 0 Å². The first-order chi connectivity index (χ1) is 14.1. The van der Waals surface area contributed by atoms with Crippen molar-refractivity contribution in [1.82, 2.24) is 20.7 Å². The molecule has 2 aromatic rings. The van der Waals surface area contributed by atoms with Gasteiger partial charge in [-0.1, -0.05) is 37.5 Å². The number of hydrogen-bond donors (Lipinski definition) is 3. The van der Waals surface area contributed by atoms with Crippen LogP contribution in [0, 0.1) is 5.92 Å². The molecule has 3 N–H and O–H groups in total. The maximum Gasteiger partial charge on any atom is 0.261 e. The highest BCUT2D eigenvalue weighted by Gasteiger charge is 2.37. The fourth-order valence-electron chi connectivity index (χ4n) is 4.60. The largest absolute Gasteiger partial charge is 0.361 e. The van der Waals surface area contributed by atoms with Gasteiger partial charge >= 0.3 is 0 Å². The Labute approximate surface area is 170 Å². The van der Waals surface area contributed by atoms with Crippen molar-refractivity contribution in [3.8, 4) is 0 Å². The molecule has 2 aliphatic rings. The van der Waals surface area contributed by atoms with Gasteiger partial charge in [-0.2, -0.15) is 0 Å². The zero-order chi connectivity index (χ0) is 20.2. The monoisotopic (exact) mass is 396 g/mol. The molecule has 1 atom stereocenters. The van der Waals surface area contributed by atoms with Crippen LogP contribution in [-0.4, -0.2) is 40.2 Å². The first-order valence-corrected chi connectivity index (χ1v) is 10.6. The third-order valence-corrected chi connectivity index (χ3v) is 6.14. The fraction of sp³-hybridized carbons (Fsp3) is 0.500. The van der Waals surface area contributed by atoms with Crippen LogP contribution < -0.4 is 10.9 Å². The number of rotatable bonds is 4. The maximum atomic E-state index is 12.8. The highest BCUT2D eigenvalue weighted by atomic mass is 16.2. The number of para-hydroxylation sites is 1. The van der Waals surface area contributed by atoms with Crippen LogP contribution in [-0.2, 0) is 20.8 Å². The Balaban J connectivity index is 1.31. The van der Waals surface area contributed by atoms with Gasteiger partial charge in [0.25, 0.3) is 5.91 Å². The van der Waals surface area contributed by atoms with Crippen molar-refractivity contribution in [2.24, 2.45) is 5.92 Å². The SMILES string of the molecule is O=C(Cc1c[nH]c2ccccc12)NNC(=O)[C@H]1CCCN1C(=O)C1CCCCC1. The first-order valence-electron chi connectivity index (χ1n) is 10.6. The van der Waals surface area contributed by atoms with Crippen LogP contribution in [0.1, 0.15) is 50.5 Å². The van der Waals surface area contributed by atoms with Gasteiger partial charge < -0.3 is 9.88 Å². The summed E-state index contributed by atoms with van der Waals surface area (Å²) >= 11 is 0. The van der Waals surface area contributed by atoms with E-state index in [0.29, 0.717) is 13.0 Å². The van der Waals surface area contributed by atoms with Crippen LogP contribution in [0.3, 0.4) is 0 Å². The summed E-state index contributed by atoms with van der Waals surface area (Å²) in [5.74, 6) is -0.439. The molecule has 1 aromatic heterocycles. The Bertz CT molecular complexity index is 900. The highest BCUT2D eigenvalue weighted by Crippen LogP contribution is 2.28. The number of H-pyrrole nitrogens is 1. The molecule has 1 aromatic carbocycles. The lowest BCUT2D eigenvalue weighted by molar-refractivity contribution is -0.143. The van der Waals surface area contributed by atoms with Gasteiger partial charge in [-0.05, 0) is 37.3 Å². The molecular formula is C22H28N4O3. The quantitative estimate of drug-likeness (QED) is 0.693. The van der Waals surface area contributed by atoms with E-state index >= 15 is 0 Å². The van der Waals surface area contributed by atoms with E-state index in [-0.39, 0.29) is 30.1 Å². The lowest BCUT2D eigenvalue weighted by Crippen LogP contribution is -2.52. The summed E-state index contributed by atoms with van der Waals surface area (Å²) in [4.78, 5) is 42.7. The summed E-state index contributed by atoms with van der Waals surface area (Å²) in [6, 6.07) is 7.29. The Kier molecular flexibility index (Phi) is 5.83. The Morgan fingerprint density at radius 2 is 1.79 bits per heavy atom. The van der Waals surface area contributed by atoms with Gasteiger partial charge in [0, 0.05) is 29.6 Å². The van der Waals surface area contributed by atoms with Crippen molar-refractivity contribution >= 4 is 28.6 Å². The zero-order valence-corrected chi connectivity index (χ0v) is 16.6. The van der Waals surface area contributed by atoms with E-state index in [1.165, 1.54) is 6.42 Å². The molecule has 4 rings (SSSR count). The second kappa shape index (κ2) is 8.68. The lowest BCUT2D eigenvalue weighted by Gasteiger charge is -2.30. The average molecular weight is 396 g/mol. The van der Waals surface area contributed by atoms with Gasteiger partial charge in [-0.25, -0.2) is 0 Å². The van der Waals surface area contributed by atoms with Crippen molar-refractivity contribution in [3.63, 3.8) is 0 Å². The van der Waals surface area contributed by atoms with Crippen LogP contribution in [0.4, 0.5) is 0 Å². The molecule has 3 amide bonds. The number of hydrogen-bond acceptors (Lipinski definition) is 3. The number of likely N-dealkylation sites (tertiary alicyclic amines) is 1. The molecule has 1 aliphatic heterocycles. The summed E-state index contributed by atoms with van der Waals surface area (Å²) in [5, 5.41) is 0.994. The number of nitrogens with one attached hydrogen (secondary N) is 3. The number of aromatic nitrogens is 1. The van der Waals surface area contributed by atoms with Gasteiger partial charge in [0.15, 0.2) is 0 Å². The van der Waals surface area contributed by atoms with Crippen LogP contribution >= 0.6 is 0 Å². The number of aromatic amines is 1. The van der Waals surface area contributed by atoms with E-state index in [1.807, 2.05) is 30.5 Å². The molecule has 29 heavy (non-hydrogen) atoms. The molecule has 7 nitrogen and oxygen atoms in total. The lowest BCUT2D eigenvalue weighted by atomic mass is 9.88. The summed E-state index contributed by atoms with van der Waals surface area (Å²) < 4.78 is 0. The van der Waals surface area contributed by atoms with Crippen molar-refractivity contribution in [3.05, 3.63) is 36.0 Å². The van der Waals surface area contributed by atoms with E-state index < -0.39 is 6.04 Å². The molecule has 7 heteroatoms. The molecule has 1 saturated carbocycles. The van der Waals surface area contributed by atoms with Crippen LogP contribution in [0.5, 0.6) is 0 Å². The van der Waals surface area contributed by atoms with Gasteiger partial charge in [-0.3, -0.25) is 25.2 Å². The molecule has 0 bridgehead atoms. The zero-order valence-electron chi connectivity index (χ0n) is 16.6. The molecule has 0 radical (unpaired) electrons. The number of amides is 3. The first kappa shape index (κ1) is 19.5. The smallest absolute Gasteiger partial charge is 0.261 e. The van der Waals surface area contributed by atoms with Crippen LogP contribution in [0.2, 0.25) is 0 Å². The van der Waals surface area contributed by atoms with Gasteiger partial charge in [-0.15, -0.1) is 0 Å². The molecule has 0 unspecified atom stereocenters. The molecule has 1 saturated heterocycles. The number of hydrazine groups is 1. The van der Waals surface area contributed by atoms with Crippen molar-refractivity contribution in [2.45, 2.75) is 57.4 Å². The minimum atomic E-state index is -0.488. The molecule has 1 aliphatic carbocycles. The third-order valence-electron chi connectivity index (χ3n) is 6.14. The third kappa shape index (κ3) is 4.28. The molecule has 154 valence electrons. The minimum absolute atomic E-state index is 0.0496. The number of benzene rings is 1. The molecule has 2 fully saturated rings. The Hall–Kier alpha value is -2.83. The molecule has 0 spiro atoms. The van der Waals surface area contributed by atoms with Gasteiger partial charge in [0.2, 0.25) is 11.8 Å². The molecular weight excluding hydrogens is 368 g/mol. The topological polar surface area (TPSA) is 94.3 Å². The van der Waals surface area contributed by atoms with E-state index in [2.05, 4.69) is 15.8 Å². The number of nitrogens with zero attached hydrogens (tertiary/aromatic N) is 1. The van der Waals surface area contributed by atoms with E-state index in [1.54, 1.807) is 4.90 Å². The highest BCUT2D eigenvalue weighted by molar-refractivity contribution is 5.92. The number of fused-ring (bicyclic) bond motifs is 1. The average Bonchev–Trinajstić information content (AvgIpc) is 3.40. The van der Waals surface area contributed by atoms with E-state index in [9.17, 15) is 14.4 Å². The van der Waals surface area contributed by atoms with Crippen molar-refractivity contribution < 1.29 is 14.4 Å². The molecule has 2 heterocycles. The fourth-order valence-corrected chi connectivity index (χ4v) is 4.60. The minimum Gasteiger partial charge on any atom is -0.361 e. The van der Waals surface area contributed by atoms with Crippen molar-refractivity contribution in [1.29, 1.82) is 0 Å². The Morgan fingerprint density at radius 1 is 1.00 bits per heavy atom. The van der Waals surface area contributed by atoms with Gasteiger partial charge in [0.1, 0.15) is 6.04 Å². The predicted molar refractivity (Wildman–Crippen MR) is 110 cm³/mol. The van der Waals surface area contributed by atoms with Gasteiger partial charge in [0.05, 0.1) is 6.42 Å². The number of carbonyl (C=O) groups is 3. The summed E-state index contributed by atoms with van der Waals surface area (Å²) in [7, 11) is 0.